The molecule has 3 rings (SSSR count). The summed E-state index contributed by atoms with van der Waals surface area (Å²) in [6.45, 7) is 2.22. The number of ether oxygens (including phenoxy) is 1. The van der Waals surface area contributed by atoms with E-state index in [4.69, 9.17) is 16.3 Å². The minimum atomic E-state index is -0.463. The van der Waals surface area contributed by atoms with E-state index in [1.54, 1.807) is 30.3 Å². The zero-order valence-electron chi connectivity index (χ0n) is 14.5. The summed E-state index contributed by atoms with van der Waals surface area (Å²) in [5.41, 5.74) is 5.90. The van der Waals surface area contributed by atoms with Gasteiger partial charge in [-0.15, -0.1) is 0 Å². The smallest absolute Gasteiger partial charge is 0.273 e. The number of carbonyl (C=O) groups excluding carboxylic acids is 1. The summed E-state index contributed by atoms with van der Waals surface area (Å²) in [6, 6.07) is 10.2. The minimum Gasteiger partial charge on any atom is -0.496 e. The predicted molar refractivity (Wildman–Crippen MR) is 113 cm³/mol. The Morgan fingerprint density at radius 1 is 1.33 bits per heavy atom. The van der Waals surface area contributed by atoms with Crippen LogP contribution in [0.25, 0.3) is 10.9 Å². The van der Waals surface area contributed by atoms with E-state index in [9.17, 15) is 9.59 Å². The monoisotopic (exact) mass is 498 g/mol. The molecule has 0 aliphatic rings. The Morgan fingerprint density at radius 2 is 2.07 bits per heavy atom. The summed E-state index contributed by atoms with van der Waals surface area (Å²) in [4.78, 5) is 29.6. The average Bonchev–Trinajstić information content (AvgIpc) is 2.68. The second kappa shape index (κ2) is 8.13. The lowest BCUT2D eigenvalue weighted by Crippen LogP contribution is -2.34. The van der Waals surface area contributed by atoms with Crippen LogP contribution >= 0.6 is 34.2 Å². The zero-order valence-corrected chi connectivity index (χ0v) is 17.5. The van der Waals surface area contributed by atoms with E-state index in [0.717, 1.165) is 3.57 Å². The van der Waals surface area contributed by atoms with Gasteiger partial charge < -0.3 is 4.74 Å². The molecule has 0 saturated heterocycles. The molecular weight excluding hydrogens is 483 g/mol. The molecule has 0 spiro atoms. The minimum absolute atomic E-state index is 0.185. The van der Waals surface area contributed by atoms with Gasteiger partial charge in [-0.3, -0.25) is 25.0 Å². The molecule has 0 fully saturated rings. The van der Waals surface area contributed by atoms with Crippen molar-refractivity contribution in [2.45, 2.75) is 13.5 Å². The molecule has 0 atom stereocenters. The number of anilines is 1. The van der Waals surface area contributed by atoms with Gasteiger partial charge >= 0.3 is 0 Å². The fourth-order valence-electron chi connectivity index (χ4n) is 2.61. The lowest BCUT2D eigenvalue weighted by molar-refractivity contribution is 0.0959. The molecule has 7 nitrogen and oxygen atoms in total. The van der Waals surface area contributed by atoms with Crippen LogP contribution in [0, 0.1) is 3.57 Å². The van der Waals surface area contributed by atoms with Gasteiger partial charge in [0.1, 0.15) is 5.75 Å². The lowest BCUT2D eigenvalue weighted by Gasteiger charge is -2.15. The van der Waals surface area contributed by atoms with Crippen molar-refractivity contribution >= 4 is 57.0 Å². The second-order valence-electron chi connectivity index (χ2n) is 5.55. The molecule has 0 bridgehead atoms. The average molecular weight is 499 g/mol. The van der Waals surface area contributed by atoms with Crippen LogP contribution in [0.3, 0.4) is 0 Å². The zero-order chi connectivity index (χ0) is 19.6. The maximum Gasteiger partial charge on any atom is 0.273 e. The molecule has 27 heavy (non-hydrogen) atoms. The number of carbonyl (C=O) groups is 1. The van der Waals surface area contributed by atoms with E-state index in [2.05, 4.69) is 38.4 Å². The molecule has 1 amide bonds. The number of hydrazine groups is 1. The van der Waals surface area contributed by atoms with Crippen molar-refractivity contribution in [2.24, 2.45) is 0 Å². The molecule has 0 aliphatic carbocycles. The van der Waals surface area contributed by atoms with Crippen LogP contribution in [0.1, 0.15) is 17.3 Å². The highest BCUT2D eigenvalue weighted by Gasteiger charge is 2.16. The molecule has 0 saturated carbocycles. The number of methoxy groups -OCH3 is 1. The summed E-state index contributed by atoms with van der Waals surface area (Å²) in [5, 5.41) is 0.957. The van der Waals surface area contributed by atoms with Gasteiger partial charge in [0.15, 0.2) is 0 Å². The first-order valence-electron chi connectivity index (χ1n) is 8.05. The molecule has 3 aromatic rings. The highest BCUT2D eigenvalue weighted by atomic mass is 127. The van der Waals surface area contributed by atoms with Crippen LogP contribution in [0.4, 0.5) is 5.95 Å². The van der Waals surface area contributed by atoms with E-state index in [0.29, 0.717) is 28.2 Å². The predicted octanol–water partition coefficient (Wildman–Crippen LogP) is 3.44. The Morgan fingerprint density at radius 3 is 2.78 bits per heavy atom. The SMILES string of the molecule is CCn1c(NNC(=O)c2cc(Cl)c(I)cc2OC)nc2ccccc2c1=O. The highest BCUT2D eigenvalue weighted by molar-refractivity contribution is 14.1. The van der Waals surface area contributed by atoms with Gasteiger partial charge in [0, 0.05) is 10.1 Å². The summed E-state index contributed by atoms with van der Waals surface area (Å²) >= 11 is 8.17. The fraction of sp³-hybridized carbons (Fsp3) is 0.167. The maximum absolute atomic E-state index is 12.6. The third-order valence-corrected chi connectivity index (χ3v) is 5.48. The molecule has 2 aromatic carbocycles. The number of fused-ring (bicyclic) bond motifs is 1. The third-order valence-electron chi connectivity index (χ3n) is 3.95. The Labute approximate surface area is 173 Å². The van der Waals surface area contributed by atoms with Crippen LogP contribution in [0.5, 0.6) is 5.75 Å². The number of halogens is 2. The van der Waals surface area contributed by atoms with E-state index in [1.807, 2.05) is 6.92 Å². The summed E-state index contributed by atoms with van der Waals surface area (Å²) in [7, 11) is 1.48. The fourth-order valence-corrected chi connectivity index (χ4v) is 3.21. The molecule has 140 valence electrons. The van der Waals surface area contributed by atoms with E-state index < -0.39 is 5.91 Å². The first-order chi connectivity index (χ1) is 13.0. The molecule has 1 heterocycles. The quantitative estimate of drug-likeness (QED) is 0.416. The Hall–Kier alpha value is -2.33. The van der Waals surface area contributed by atoms with Gasteiger partial charge in [-0.2, -0.15) is 0 Å². The van der Waals surface area contributed by atoms with E-state index in [1.165, 1.54) is 17.7 Å². The normalized spacial score (nSPS) is 10.7. The van der Waals surface area contributed by atoms with E-state index >= 15 is 0 Å². The van der Waals surface area contributed by atoms with Gasteiger partial charge in [-0.1, -0.05) is 23.7 Å². The topological polar surface area (TPSA) is 85.2 Å². The molecule has 2 N–H and O–H groups in total. The third kappa shape index (κ3) is 3.86. The lowest BCUT2D eigenvalue weighted by atomic mass is 10.2. The highest BCUT2D eigenvalue weighted by Crippen LogP contribution is 2.28. The standard InChI is InChI=1S/C18H16ClIN4O3/c1-3-24-17(26)10-6-4-5-7-14(10)21-18(24)23-22-16(25)11-8-12(19)13(20)9-15(11)27-2/h4-9H,3H2,1-2H3,(H,21,23)(H,22,25). The van der Waals surface area contributed by atoms with Crippen molar-refractivity contribution < 1.29 is 9.53 Å². The Balaban J connectivity index is 1.92. The van der Waals surface area contributed by atoms with Gasteiger partial charge in [-0.05, 0) is 53.8 Å². The Kier molecular flexibility index (Phi) is 5.85. The van der Waals surface area contributed by atoms with Gasteiger partial charge in [0.2, 0.25) is 5.95 Å². The van der Waals surface area contributed by atoms with Gasteiger partial charge in [-0.25, -0.2) is 4.98 Å². The van der Waals surface area contributed by atoms with Crippen LogP contribution < -0.4 is 21.1 Å². The number of hydrogen-bond acceptors (Lipinski definition) is 5. The number of rotatable bonds is 5. The van der Waals surface area contributed by atoms with E-state index in [-0.39, 0.29) is 17.1 Å². The number of nitrogens with one attached hydrogen (secondary N) is 2. The summed E-state index contributed by atoms with van der Waals surface area (Å²) in [6.07, 6.45) is 0. The molecular formula is C18H16ClIN4O3. The van der Waals surface area contributed by atoms with Crippen molar-refractivity contribution in [1.82, 2.24) is 15.0 Å². The van der Waals surface area contributed by atoms with Crippen LogP contribution in [-0.2, 0) is 6.54 Å². The van der Waals surface area contributed by atoms with Crippen molar-refractivity contribution in [3.63, 3.8) is 0 Å². The van der Waals surface area contributed by atoms with Crippen molar-refractivity contribution in [3.05, 3.63) is 60.9 Å². The number of para-hydroxylation sites is 1. The van der Waals surface area contributed by atoms with Crippen molar-refractivity contribution in [2.75, 3.05) is 12.5 Å². The first-order valence-corrected chi connectivity index (χ1v) is 9.51. The number of aromatic nitrogens is 2. The summed E-state index contributed by atoms with van der Waals surface area (Å²) in [5.74, 6) is 0.169. The maximum atomic E-state index is 12.6. The summed E-state index contributed by atoms with van der Waals surface area (Å²) < 4.78 is 7.47. The molecule has 0 unspecified atom stereocenters. The van der Waals surface area contributed by atoms with Crippen LogP contribution in [0.2, 0.25) is 5.02 Å². The number of benzene rings is 2. The largest absolute Gasteiger partial charge is 0.496 e. The molecule has 0 radical (unpaired) electrons. The molecule has 1 aromatic heterocycles. The Bertz CT molecular complexity index is 1080. The van der Waals surface area contributed by atoms with Crippen molar-refractivity contribution in [1.29, 1.82) is 0 Å². The van der Waals surface area contributed by atoms with Crippen molar-refractivity contribution in [3.8, 4) is 5.75 Å². The number of amides is 1. The van der Waals surface area contributed by atoms with Gasteiger partial charge in [0.05, 0.1) is 28.6 Å². The number of nitrogens with zero attached hydrogens (tertiary/aromatic N) is 2. The van der Waals surface area contributed by atoms with Crippen LogP contribution in [0.15, 0.2) is 41.2 Å². The first kappa shape index (κ1) is 19.4. The van der Waals surface area contributed by atoms with Crippen LogP contribution in [-0.4, -0.2) is 22.6 Å². The second-order valence-corrected chi connectivity index (χ2v) is 7.12. The molecule has 0 aliphatic heterocycles. The van der Waals surface area contributed by atoms with Gasteiger partial charge in [0.25, 0.3) is 11.5 Å². The number of hydrogen-bond donors (Lipinski definition) is 2. The molecule has 9 heteroatoms.